The van der Waals surface area contributed by atoms with Gasteiger partial charge in [-0.3, -0.25) is 9.48 Å². The van der Waals surface area contributed by atoms with E-state index in [2.05, 4.69) is 40.1 Å². The molecule has 1 saturated heterocycles. The molecule has 0 spiro atoms. The maximum Gasteiger partial charge on any atom is 0.257 e. The van der Waals surface area contributed by atoms with Crippen molar-refractivity contribution in [1.82, 2.24) is 24.0 Å². The van der Waals surface area contributed by atoms with Crippen molar-refractivity contribution in [1.29, 1.82) is 0 Å². The van der Waals surface area contributed by atoms with Gasteiger partial charge in [0.1, 0.15) is 5.82 Å². The third-order valence-electron chi connectivity index (χ3n) is 4.09. The average Bonchev–Trinajstić information content (AvgIpc) is 3.10. The van der Waals surface area contributed by atoms with Crippen LogP contribution < -0.4 is 4.90 Å². The summed E-state index contributed by atoms with van der Waals surface area (Å²) in [5.74, 6) is 0.863. The van der Waals surface area contributed by atoms with Crippen LogP contribution in [0, 0.1) is 6.92 Å². The van der Waals surface area contributed by atoms with Crippen molar-refractivity contribution in [3.8, 4) is 0 Å². The molecule has 2 aromatic rings. The number of nitrogens with zero attached hydrogens (tertiary/aromatic N) is 6. The van der Waals surface area contributed by atoms with Gasteiger partial charge in [-0.05, 0) is 34.1 Å². The molecule has 2 aromatic heterocycles. The van der Waals surface area contributed by atoms with Crippen molar-refractivity contribution in [3.05, 3.63) is 23.8 Å². The SMILES string of the molecule is Cc1nsc(N2CCCN(C(=O)c3cnn(C(C)(C)C)c3)CC2)n1. The lowest BCUT2D eigenvalue weighted by atomic mass is 10.1. The molecule has 3 heterocycles. The number of aryl methyl sites for hydroxylation is 1. The van der Waals surface area contributed by atoms with Gasteiger partial charge in [0.25, 0.3) is 5.91 Å². The fraction of sp³-hybridized carbons (Fsp3) is 0.625. The van der Waals surface area contributed by atoms with Gasteiger partial charge in [0.05, 0.1) is 17.3 Å². The first-order valence-electron chi connectivity index (χ1n) is 8.24. The molecule has 0 N–H and O–H groups in total. The first kappa shape index (κ1) is 16.9. The van der Waals surface area contributed by atoms with Gasteiger partial charge in [-0.25, -0.2) is 4.98 Å². The Kier molecular flexibility index (Phi) is 4.58. The molecule has 0 aliphatic carbocycles. The summed E-state index contributed by atoms with van der Waals surface area (Å²) in [6.07, 6.45) is 4.45. The van der Waals surface area contributed by atoms with Crippen LogP contribution in [0.2, 0.25) is 0 Å². The highest BCUT2D eigenvalue weighted by Crippen LogP contribution is 2.20. The molecule has 0 aromatic carbocycles. The van der Waals surface area contributed by atoms with Gasteiger partial charge in [-0.15, -0.1) is 0 Å². The van der Waals surface area contributed by atoms with Crippen LogP contribution in [0.15, 0.2) is 12.4 Å². The maximum atomic E-state index is 12.8. The van der Waals surface area contributed by atoms with Crippen LogP contribution in [0.25, 0.3) is 0 Å². The van der Waals surface area contributed by atoms with E-state index < -0.39 is 0 Å². The molecule has 1 aliphatic rings. The average molecular weight is 348 g/mol. The number of anilines is 1. The lowest BCUT2D eigenvalue weighted by Gasteiger charge is -2.21. The Morgan fingerprint density at radius 2 is 2.00 bits per heavy atom. The van der Waals surface area contributed by atoms with E-state index in [1.165, 1.54) is 11.5 Å². The highest BCUT2D eigenvalue weighted by atomic mass is 32.1. The first-order valence-corrected chi connectivity index (χ1v) is 9.01. The van der Waals surface area contributed by atoms with Gasteiger partial charge in [-0.1, -0.05) is 0 Å². The second kappa shape index (κ2) is 6.51. The van der Waals surface area contributed by atoms with E-state index in [0.717, 1.165) is 37.0 Å². The van der Waals surface area contributed by atoms with Gasteiger partial charge in [0, 0.05) is 43.9 Å². The summed E-state index contributed by atoms with van der Waals surface area (Å²) in [6.45, 7) is 11.3. The van der Waals surface area contributed by atoms with E-state index >= 15 is 0 Å². The minimum atomic E-state index is -0.121. The maximum absolute atomic E-state index is 12.8. The molecule has 0 saturated carbocycles. The summed E-state index contributed by atoms with van der Waals surface area (Å²) in [7, 11) is 0. The number of rotatable bonds is 2. The summed E-state index contributed by atoms with van der Waals surface area (Å²) < 4.78 is 6.09. The monoisotopic (exact) mass is 348 g/mol. The van der Waals surface area contributed by atoms with Crippen molar-refractivity contribution in [3.63, 3.8) is 0 Å². The second-order valence-corrected chi connectivity index (χ2v) is 7.83. The van der Waals surface area contributed by atoms with Crippen molar-refractivity contribution < 1.29 is 4.79 Å². The largest absolute Gasteiger partial charge is 0.345 e. The van der Waals surface area contributed by atoms with E-state index in [1.54, 1.807) is 6.20 Å². The van der Waals surface area contributed by atoms with Crippen LogP contribution in [0.4, 0.5) is 5.13 Å². The van der Waals surface area contributed by atoms with Crippen molar-refractivity contribution >= 4 is 22.6 Å². The zero-order valence-corrected chi connectivity index (χ0v) is 15.5. The van der Waals surface area contributed by atoms with Crippen molar-refractivity contribution in [2.24, 2.45) is 0 Å². The summed E-state index contributed by atoms with van der Waals surface area (Å²) in [5, 5.41) is 5.28. The fourth-order valence-electron chi connectivity index (χ4n) is 2.71. The Morgan fingerprint density at radius 3 is 2.62 bits per heavy atom. The van der Waals surface area contributed by atoms with Gasteiger partial charge < -0.3 is 9.80 Å². The van der Waals surface area contributed by atoms with Gasteiger partial charge in [0.15, 0.2) is 0 Å². The minimum absolute atomic E-state index is 0.0563. The summed E-state index contributed by atoms with van der Waals surface area (Å²) in [4.78, 5) is 21.4. The molecule has 24 heavy (non-hydrogen) atoms. The molecule has 3 rings (SSSR count). The molecule has 130 valence electrons. The zero-order valence-electron chi connectivity index (χ0n) is 14.7. The second-order valence-electron chi connectivity index (χ2n) is 7.10. The highest BCUT2D eigenvalue weighted by Gasteiger charge is 2.24. The third-order valence-corrected chi connectivity index (χ3v) is 4.96. The topological polar surface area (TPSA) is 67.2 Å². The predicted molar refractivity (Wildman–Crippen MR) is 94.6 cm³/mol. The Hall–Kier alpha value is -1.96. The normalized spacial score (nSPS) is 16.3. The Balaban J connectivity index is 1.67. The predicted octanol–water partition coefficient (Wildman–Crippen LogP) is 2.15. The van der Waals surface area contributed by atoms with Gasteiger partial charge >= 0.3 is 0 Å². The van der Waals surface area contributed by atoms with E-state index in [-0.39, 0.29) is 11.4 Å². The molecule has 7 nitrogen and oxygen atoms in total. The molecular weight excluding hydrogens is 324 g/mol. The Labute approximate surface area is 146 Å². The molecule has 0 radical (unpaired) electrons. The molecule has 0 bridgehead atoms. The van der Waals surface area contributed by atoms with Crippen LogP contribution in [0.1, 0.15) is 43.4 Å². The Bertz CT molecular complexity index is 716. The molecule has 8 heteroatoms. The lowest BCUT2D eigenvalue weighted by Crippen LogP contribution is -2.35. The summed E-state index contributed by atoms with van der Waals surface area (Å²) in [6, 6.07) is 0. The molecule has 0 atom stereocenters. The van der Waals surface area contributed by atoms with Crippen LogP contribution in [0.3, 0.4) is 0 Å². The molecule has 0 unspecified atom stereocenters. The summed E-state index contributed by atoms with van der Waals surface area (Å²) >= 11 is 1.43. The quantitative estimate of drug-likeness (QED) is 0.832. The van der Waals surface area contributed by atoms with E-state index in [4.69, 9.17) is 0 Å². The smallest absolute Gasteiger partial charge is 0.257 e. The van der Waals surface area contributed by atoms with Crippen LogP contribution >= 0.6 is 11.5 Å². The van der Waals surface area contributed by atoms with Crippen molar-refractivity contribution in [2.75, 3.05) is 31.1 Å². The van der Waals surface area contributed by atoms with Gasteiger partial charge in [0.2, 0.25) is 5.13 Å². The summed E-state index contributed by atoms with van der Waals surface area (Å²) in [5.41, 5.74) is 0.536. The van der Waals surface area contributed by atoms with Gasteiger partial charge in [-0.2, -0.15) is 9.47 Å². The molecule has 1 amide bonds. The first-order chi connectivity index (χ1) is 11.3. The number of hydrogen-bond donors (Lipinski definition) is 0. The van der Waals surface area contributed by atoms with Crippen LogP contribution in [-0.4, -0.2) is 56.1 Å². The number of hydrogen-bond acceptors (Lipinski definition) is 6. The number of aromatic nitrogens is 4. The van der Waals surface area contributed by atoms with Crippen LogP contribution in [0.5, 0.6) is 0 Å². The number of carbonyl (C=O) groups excluding carboxylic acids is 1. The lowest BCUT2D eigenvalue weighted by molar-refractivity contribution is 0.0767. The molecule has 1 aliphatic heterocycles. The standard InChI is InChI=1S/C16H24N6OS/c1-12-18-15(24-19-12)21-7-5-6-20(8-9-21)14(23)13-10-17-22(11-13)16(2,3)4/h10-11H,5-9H2,1-4H3. The minimum Gasteiger partial charge on any atom is -0.345 e. The van der Waals surface area contributed by atoms with Crippen molar-refractivity contribution in [2.45, 2.75) is 39.7 Å². The fourth-order valence-corrected chi connectivity index (χ4v) is 3.43. The zero-order chi connectivity index (χ0) is 17.3. The molecular formula is C16H24N6OS. The number of carbonyl (C=O) groups is 1. The highest BCUT2D eigenvalue weighted by molar-refractivity contribution is 7.09. The van der Waals surface area contributed by atoms with E-state index in [0.29, 0.717) is 12.1 Å². The van der Waals surface area contributed by atoms with Crippen LogP contribution in [-0.2, 0) is 5.54 Å². The Morgan fingerprint density at radius 1 is 1.21 bits per heavy atom. The van der Waals surface area contributed by atoms with E-state index in [1.807, 2.05) is 22.7 Å². The third kappa shape index (κ3) is 3.58. The number of amides is 1. The molecule has 1 fully saturated rings. The van der Waals surface area contributed by atoms with E-state index in [9.17, 15) is 4.79 Å².